The van der Waals surface area contributed by atoms with Crippen molar-refractivity contribution in [1.29, 1.82) is 0 Å². The standard InChI is InChI=1S/C13H16N2O3/c1-8-3-9(2)5-10(4-8)15-6-11(13(17)18)14-12(16)7-15/h3-5,11H,6-7H2,1-2H3,(H,14,16)(H,17,18). The van der Waals surface area contributed by atoms with Crippen LogP contribution in [0, 0.1) is 13.8 Å². The highest BCUT2D eigenvalue weighted by Gasteiger charge is 2.29. The second-order valence-corrected chi connectivity index (χ2v) is 4.68. The van der Waals surface area contributed by atoms with E-state index in [1.165, 1.54) is 0 Å². The Morgan fingerprint density at radius 3 is 2.50 bits per heavy atom. The van der Waals surface area contributed by atoms with E-state index >= 15 is 0 Å². The van der Waals surface area contributed by atoms with Crippen LogP contribution in [0.5, 0.6) is 0 Å². The van der Waals surface area contributed by atoms with E-state index in [1.54, 1.807) is 4.90 Å². The van der Waals surface area contributed by atoms with Crippen LogP contribution in [0.1, 0.15) is 11.1 Å². The quantitative estimate of drug-likeness (QED) is 0.808. The van der Waals surface area contributed by atoms with Gasteiger partial charge in [0.15, 0.2) is 0 Å². The molecule has 2 rings (SSSR count). The Kier molecular flexibility index (Phi) is 3.23. The molecule has 0 bridgehead atoms. The Bertz CT molecular complexity index is 479. The zero-order valence-electron chi connectivity index (χ0n) is 10.4. The molecule has 0 radical (unpaired) electrons. The van der Waals surface area contributed by atoms with Gasteiger partial charge in [-0.1, -0.05) is 6.07 Å². The first kappa shape index (κ1) is 12.4. The molecule has 0 aliphatic carbocycles. The van der Waals surface area contributed by atoms with E-state index in [1.807, 2.05) is 32.0 Å². The van der Waals surface area contributed by atoms with Crippen LogP contribution < -0.4 is 10.2 Å². The molecule has 2 N–H and O–H groups in total. The Balaban J connectivity index is 2.26. The van der Waals surface area contributed by atoms with Gasteiger partial charge in [-0.15, -0.1) is 0 Å². The number of carbonyl (C=O) groups excluding carboxylic acids is 1. The fourth-order valence-electron chi connectivity index (χ4n) is 2.21. The lowest BCUT2D eigenvalue weighted by Gasteiger charge is -2.32. The van der Waals surface area contributed by atoms with Crippen LogP contribution in [0.25, 0.3) is 0 Å². The van der Waals surface area contributed by atoms with Crippen molar-refractivity contribution in [3.05, 3.63) is 29.3 Å². The number of hydrogen-bond acceptors (Lipinski definition) is 3. The van der Waals surface area contributed by atoms with Crippen molar-refractivity contribution >= 4 is 17.6 Å². The predicted molar refractivity (Wildman–Crippen MR) is 67.7 cm³/mol. The molecule has 18 heavy (non-hydrogen) atoms. The summed E-state index contributed by atoms with van der Waals surface area (Å²) in [6.45, 7) is 4.46. The number of anilines is 1. The summed E-state index contributed by atoms with van der Waals surface area (Å²) >= 11 is 0. The highest BCUT2D eigenvalue weighted by atomic mass is 16.4. The average molecular weight is 248 g/mol. The maximum Gasteiger partial charge on any atom is 0.328 e. The van der Waals surface area contributed by atoms with Crippen LogP contribution in [0.2, 0.25) is 0 Å². The topological polar surface area (TPSA) is 69.6 Å². The van der Waals surface area contributed by atoms with Crippen LogP contribution in [-0.4, -0.2) is 36.1 Å². The second-order valence-electron chi connectivity index (χ2n) is 4.68. The SMILES string of the molecule is Cc1cc(C)cc(N2CC(=O)NC(C(=O)O)C2)c1. The molecular formula is C13H16N2O3. The van der Waals surface area contributed by atoms with Crippen LogP contribution in [0.4, 0.5) is 5.69 Å². The van der Waals surface area contributed by atoms with Crippen LogP contribution >= 0.6 is 0 Å². The average Bonchev–Trinajstić information content (AvgIpc) is 2.26. The van der Waals surface area contributed by atoms with Gasteiger partial charge in [-0.05, 0) is 37.1 Å². The molecule has 5 heteroatoms. The van der Waals surface area contributed by atoms with Gasteiger partial charge in [-0.2, -0.15) is 0 Å². The first-order valence-corrected chi connectivity index (χ1v) is 5.81. The molecule has 0 saturated carbocycles. The van der Waals surface area contributed by atoms with Gasteiger partial charge in [0.25, 0.3) is 0 Å². The third kappa shape index (κ3) is 2.61. The zero-order chi connectivity index (χ0) is 13.3. The van der Waals surface area contributed by atoms with Gasteiger partial charge in [0, 0.05) is 12.2 Å². The van der Waals surface area contributed by atoms with Crippen LogP contribution in [0.15, 0.2) is 18.2 Å². The fraction of sp³-hybridized carbons (Fsp3) is 0.385. The highest BCUT2D eigenvalue weighted by molar-refractivity contribution is 5.89. The predicted octanol–water partition coefficient (Wildman–Crippen LogP) is 0.693. The number of hydrogen-bond donors (Lipinski definition) is 2. The van der Waals surface area contributed by atoms with Gasteiger partial charge < -0.3 is 15.3 Å². The lowest BCUT2D eigenvalue weighted by Crippen LogP contribution is -2.57. The Hall–Kier alpha value is -2.04. The molecule has 5 nitrogen and oxygen atoms in total. The number of aryl methyl sites for hydroxylation is 2. The summed E-state index contributed by atoms with van der Waals surface area (Å²) in [7, 11) is 0. The molecule has 0 aromatic heterocycles. The number of rotatable bonds is 2. The van der Waals surface area contributed by atoms with Crippen molar-refractivity contribution in [3.8, 4) is 0 Å². The van der Waals surface area contributed by atoms with Crippen LogP contribution in [-0.2, 0) is 9.59 Å². The largest absolute Gasteiger partial charge is 0.480 e. The molecule has 1 aromatic rings. The van der Waals surface area contributed by atoms with Gasteiger partial charge in [0.05, 0.1) is 6.54 Å². The number of carboxylic acids is 1. The van der Waals surface area contributed by atoms with E-state index in [0.717, 1.165) is 16.8 Å². The number of aliphatic carboxylic acids is 1. The van der Waals surface area contributed by atoms with Crippen molar-refractivity contribution in [2.75, 3.05) is 18.0 Å². The van der Waals surface area contributed by atoms with E-state index in [0.29, 0.717) is 6.54 Å². The van der Waals surface area contributed by atoms with Crippen molar-refractivity contribution in [2.45, 2.75) is 19.9 Å². The van der Waals surface area contributed by atoms with E-state index in [-0.39, 0.29) is 12.5 Å². The minimum Gasteiger partial charge on any atom is -0.480 e. The Morgan fingerprint density at radius 2 is 1.94 bits per heavy atom. The van der Waals surface area contributed by atoms with E-state index in [2.05, 4.69) is 5.32 Å². The fourth-order valence-corrected chi connectivity index (χ4v) is 2.21. The number of amides is 1. The van der Waals surface area contributed by atoms with Crippen molar-refractivity contribution in [1.82, 2.24) is 5.32 Å². The summed E-state index contributed by atoms with van der Waals surface area (Å²) in [6, 6.07) is 5.13. The molecule has 1 unspecified atom stereocenters. The molecule has 0 spiro atoms. The van der Waals surface area contributed by atoms with Gasteiger partial charge in [-0.25, -0.2) is 4.79 Å². The third-order valence-electron chi connectivity index (χ3n) is 2.94. The lowest BCUT2D eigenvalue weighted by molar-refractivity contribution is -0.142. The number of nitrogens with zero attached hydrogens (tertiary/aromatic N) is 1. The van der Waals surface area contributed by atoms with Gasteiger partial charge in [0.2, 0.25) is 5.91 Å². The minimum absolute atomic E-state index is 0.201. The Morgan fingerprint density at radius 1 is 1.33 bits per heavy atom. The molecule has 1 saturated heterocycles. The van der Waals surface area contributed by atoms with Crippen LogP contribution in [0.3, 0.4) is 0 Å². The smallest absolute Gasteiger partial charge is 0.328 e. The Labute approximate surface area is 105 Å². The van der Waals surface area contributed by atoms with E-state index < -0.39 is 12.0 Å². The molecule has 1 aliphatic rings. The first-order valence-electron chi connectivity index (χ1n) is 5.81. The summed E-state index contributed by atoms with van der Waals surface area (Å²) in [6.07, 6.45) is 0. The number of nitrogens with one attached hydrogen (secondary N) is 1. The van der Waals surface area contributed by atoms with E-state index in [4.69, 9.17) is 5.11 Å². The van der Waals surface area contributed by atoms with Crippen molar-refractivity contribution in [2.24, 2.45) is 0 Å². The molecule has 1 aliphatic heterocycles. The molecule has 1 aromatic carbocycles. The summed E-state index contributed by atoms with van der Waals surface area (Å²) in [5.41, 5.74) is 3.10. The maximum absolute atomic E-state index is 11.5. The number of carboxylic acid groups (broad SMARTS) is 1. The highest BCUT2D eigenvalue weighted by Crippen LogP contribution is 2.20. The molecule has 1 atom stereocenters. The van der Waals surface area contributed by atoms with Gasteiger partial charge in [-0.3, -0.25) is 4.79 Å². The summed E-state index contributed by atoms with van der Waals surface area (Å²) in [5.74, 6) is -1.26. The minimum atomic E-state index is -1.00. The molecule has 96 valence electrons. The summed E-state index contributed by atoms with van der Waals surface area (Å²) in [5, 5.41) is 11.5. The van der Waals surface area contributed by atoms with Gasteiger partial charge in [0.1, 0.15) is 6.04 Å². The van der Waals surface area contributed by atoms with Crippen molar-refractivity contribution < 1.29 is 14.7 Å². The molecular weight excluding hydrogens is 232 g/mol. The lowest BCUT2D eigenvalue weighted by atomic mass is 10.1. The molecule has 1 heterocycles. The molecule has 1 amide bonds. The number of piperazine rings is 1. The monoisotopic (exact) mass is 248 g/mol. The van der Waals surface area contributed by atoms with E-state index in [9.17, 15) is 9.59 Å². The zero-order valence-corrected chi connectivity index (χ0v) is 10.4. The maximum atomic E-state index is 11.5. The van der Waals surface area contributed by atoms with Gasteiger partial charge >= 0.3 is 5.97 Å². The number of carbonyl (C=O) groups is 2. The van der Waals surface area contributed by atoms with Crippen molar-refractivity contribution in [3.63, 3.8) is 0 Å². The second kappa shape index (κ2) is 4.68. The number of benzene rings is 1. The normalized spacial score (nSPS) is 19.6. The molecule has 1 fully saturated rings. The summed E-state index contributed by atoms with van der Waals surface area (Å²) < 4.78 is 0. The first-order chi connectivity index (χ1) is 8.45. The third-order valence-corrected chi connectivity index (χ3v) is 2.94. The summed E-state index contributed by atoms with van der Waals surface area (Å²) in [4.78, 5) is 24.3.